The van der Waals surface area contributed by atoms with Crippen LogP contribution in [0, 0.1) is 12.3 Å². The maximum atomic E-state index is 3.93. The van der Waals surface area contributed by atoms with Crippen LogP contribution in [0.2, 0.25) is 0 Å². The van der Waals surface area contributed by atoms with E-state index in [0.29, 0.717) is 0 Å². The number of nitrogens with one attached hydrogen (secondary N) is 1. The fourth-order valence-corrected chi connectivity index (χ4v) is 1.16. The second-order valence-corrected chi connectivity index (χ2v) is 3.34. The molecular weight excluding hydrogens is 158 g/mol. The van der Waals surface area contributed by atoms with E-state index in [0.717, 1.165) is 12.1 Å². The molecule has 1 heteroatoms. The van der Waals surface area contributed by atoms with Crippen molar-refractivity contribution in [3.05, 3.63) is 55.8 Å². The van der Waals surface area contributed by atoms with Crippen LogP contribution in [0.1, 0.15) is 13.3 Å². The van der Waals surface area contributed by atoms with E-state index in [-0.39, 0.29) is 5.41 Å². The number of hydrogen-bond acceptors (Lipinski definition) is 1. The Kier molecular flexibility index (Phi) is 3.13. The molecule has 0 bridgehead atoms. The topological polar surface area (TPSA) is 12.0 Å². The summed E-state index contributed by atoms with van der Waals surface area (Å²) in [5, 5.41) is 3.23. The average Bonchev–Trinajstić information content (AvgIpc) is 2.45. The lowest BCUT2D eigenvalue weighted by Gasteiger charge is -2.27. The monoisotopic (exact) mass is 174 g/mol. The lowest BCUT2D eigenvalue weighted by Crippen LogP contribution is -2.23. The first-order valence-corrected chi connectivity index (χ1v) is 4.46. The molecule has 0 saturated heterocycles. The molecule has 0 saturated carbocycles. The van der Waals surface area contributed by atoms with Gasteiger partial charge in [0.1, 0.15) is 0 Å². The zero-order chi connectivity index (χ0) is 9.73. The van der Waals surface area contributed by atoms with Crippen LogP contribution < -0.4 is 5.32 Å². The third-order valence-electron chi connectivity index (χ3n) is 2.41. The lowest BCUT2D eigenvalue weighted by molar-refractivity contribution is 0.496. The van der Waals surface area contributed by atoms with E-state index in [1.165, 1.54) is 0 Å². The molecule has 1 nitrogen and oxygen atoms in total. The fourth-order valence-electron chi connectivity index (χ4n) is 1.16. The minimum atomic E-state index is -0.0565. The smallest absolute Gasteiger partial charge is 0.0252 e. The maximum absolute atomic E-state index is 3.93. The summed E-state index contributed by atoms with van der Waals surface area (Å²) in [5.74, 6) is 0. The van der Waals surface area contributed by atoms with Gasteiger partial charge in [0.25, 0.3) is 0 Å². The molecule has 0 aliphatic carbocycles. The summed E-state index contributed by atoms with van der Waals surface area (Å²) >= 11 is 0. The standard InChI is InChI=1S/C12H16N/c1-4-12(3,5-2)11-9-7-6-8-10-13-11/h4,6-10,13H,1-2,5H2,3H3. The summed E-state index contributed by atoms with van der Waals surface area (Å²) in [6.45, 7) is 9.90. The van der Waals surface area contributed by atoms with Crippen molar-refractivity contribution in [2.24, 2.45) is 5.41 Å². The highest BCUT2D eigenvalue weighted by molar-refractivity contribution is 5.28. The molecular formula is C12H16N. The SMILES string of the molecule is [CH2]CC(C)(C=C)C1=CC=CC=CN1. The molecule has 1 rings (SSSR count). The van der Waals surface area contributed by atoms with Crippen molar-refractivity contribution < 1.29 is 0 Å². The minimum absolute atomic E-state index is 0.0565. The Morgan fingerprint density at radius 3 is 2.85 bits per heavy atom. The van der Waals surface area contributed by atoms with Gasteiger partial charge >= 0.3 is 0 Å². The molecule has 0 spiro atoms. The number of hydrogen-bond donors (Lipinski definition) is 1. The van der Waals surface area contributed by atoms with Gasteiger partial charge in [-0.1, -0.05) is 32.1 Å². The molecule has 1 N–H and O–H groups in total. The van der Waals surface area contributed by atoms with Gasteiger partial charge in [-0.25, -0.2) is 0 Å². The largest absolute Gasteiger partial charge is 0.364 e. The van der Waals surface area contributed by atoms with Gasteiger partial charge in [0.2, 0.25) is 0 Å². The minimum Gasteiger partial charge on any atom is -0.364 e. The molecule has 69 valence electrons. The third kappa shape index (κ3) is 2.11. The van der Waals surface area contributed by atoms with Crippen molar-refractivity contribution in [1.82, 2.24) is 5.32 Å². The van der Waals surface area contributed by atoms with E-state index >= 15 is 0 Å². The van der Waals surface area contributed by atoms with Crippen LogP contribution >= 0.6 is 0 Å². The highest BCUT2D eigenvalue weighted by Gasteiger charge is 2.22. The van der Waals surface area contributed by atoms with E-state index in [2.05, 4.69) is 31.8 Å². The summed E-state index contributed by atoms with van der Waals surface area (Å²) in [4.78, 5) is 0. The van der Waals surface area contributed by atoms with Crippen molar-refractivity contribution in [2.45, 2.75) is 13.3 Å². The Labute approximate surface area is 80.5 Å². The van der Waals surface area contributed by atoms with Crippen LogP contribution in [0.15, 0.2) is 48.9 Å². The molecule has 1 aliphatic rings. The Hall–Kier alpha value is -1.24. The highest BCUT2D eigenvalue weighted by atomic mass is 14.9. The zero-order valence-electron chi connectivity index (χ0n) is 8.09. The van der Waals surface area contributed by atoms with Gasteiger partial charge in [-0.2, -0.15) is 0 Å². The first-order valence-electron chi connectivity index (χ1n) is 4.46. The van der Waals surface area contributed by atoms with Gasteiger partial charge in [-0.15, -0.1) is 6.58 Å². The Balaban J connectivity index is 2.92. The quantitative estimate of drug-likeness (QED) is 0.649. The van der Waals surface area contributed by atoms with Crippen LogP contribution in [-0.4, -0.2) is 0 Å². The molecule has 0 fully saturated rings. The highest BCUT2D eigenvalue weighted by Crippen LogP contribution is 2.30. The Bertz CT molecular complexity index is 271. The zero-order valence-corrected chi connectivity index (χ0v) is 8.09. The van der Waals surface area contributed by atoms with Crippen LogP contribution in [0.4, 0.5) is 0 Å². The van der Waals surface area contributed by atoms with E-state index < -0.39 is 0 Å². The second kappa shape index (κ2) is 4.13. The molecule has 0 aromatic heterocycles. The normalized spacial score (nSPS) is 19.7. The molecule has 1 atom stereocenters. The molecule has 1 unspecified atom stereocenters. The molecule has 13 heavy (non-hydrogen) atoms. The Morgan fingerprint density at radius 1 is 1.46 bits per heavy atom. The van der Waals surface area contributed by atoms with E-state index in [9.17, 15) is 0 Å². The summed E-state index contributed by atoms with van der Waals surface area (Å²) in [6.07, 6.45) is 12.7. The lowest BCUT2D eigenvalue weighted by atomic mass is 9.84. The van der Waals surface area contributed by atoms with Gasteiger partial charge in [-0.05, 0) is 18.6 Å². The van der Waals surface area contributed by atoms with Crippen molar-refractivity contribution in [1.29, 1.82) is 0 Å². The maximum Gasteiger partial charge on any atom is 0.0252 e. The number of rotatable bonds is 3. The van der Waals surface area contributed by atoms with Gasteiger partial charge in [-0.3, -0.25) is 0 Å². The molecule has 1 aliphatic heterocycles. The van der Waals surface area contributed by atoms with E-state index in [1.807, 2.05) is 30.5 Å². The summed E-state index contributed by atoms with van der Waals surface area (Å²) in [5.41, 5.74) is 1.08. The Morgan fingerprint density at radius 2 is 2.23 bits per heavy atom. The van der Waals surface area contributed by atoms with Crippen LogP contribution in [0.5, 0.6) is 0 Å². The van der Waals surface area contributed by atoms with Gasteiger partial charge < -0.3 is 5.32 Å². The number of allylic oxidation sites excluding steroid dienone is 5. The van der Waals surface area contributed by atoms with Crippen LogP contribution in [-0.2, 0) is 0 Å². The van der Waals surface area contributed by atoms with Crippen molar-refractivity contribution in [3.63, 3.8) is 0 Å². The predicted octanol–water partition coefficient (Wildman–Crippen LogP) is 2.96. The van der Waals surface area contributed by atoms with Crippen molar-refractivity contribution >= 4 is 0 Å². The van der Waals surface area contributed by atoms with Crippen LogP contribution in [0.3, 0.4) is 0 Å². The van der Waals surface area contributed by atoms with Crippen LogP contribution in [0.25, 0.3) is 0 Å². The summed E-state index contributed by atoms with van der Waals surface area (Å²) < 4.78 is 0. The molecule has 1 heterocycles. The average molecular weight is 174 g/mol. The first kappa shape index (κ1) is 9.85. The molecule has 1 radical (unpaired) electrons. The van der Waals surface area contributed by atoms with E-state index in [4.69, 9.17) is 0 Å². The van der Waals surface area contributed by atoms with Gasteiger partial charge in [0.05, 0.1) is 0 Å². The van der Waals surface area contributed by atoms with Crippen molar-refractivity contribution in [3.8, 4) is 0 Å². The second-order valence-electron chi connectivity index (χ2n) is 3.34. The molecule has 0 aromatic carbocycles. The summed E-state index contributed by atoms with van der Waals surface area (Å²) in [7, 11) is 0. The summed E-state index contributed by atoms with van der Waals surface area (Å²) in [6, 6.07) is 0. The van der Waals surface area contributed by atoms with Gasteiger partial charge in [0.15, 0.2) is 0 Å². The van der Waals surface area contributed by atoms with Gasteiger partial charge in [0, 0.05) is 17.3 Å². The fraction of sp³-hybridized carbons (Fsp3) is 0.250. The molecule has 0 aromatic rings. The third-order valence-corrected chi connectivity index (χ3v) is 2.41. The molecule has 0 amide bonds. The first-order chi connectivity index (χ1) is 6.23. The van der Waals surface area contributed by atoms with E-state index in [1.54, 1.807) is 0 Å². The van der Waals surface area contributed by atoms with Crippen molar-refractivity contribution in [2.75, 3.05) is 0 Å². The predicted molar refractivity (Wildman–Crippen MR) is 57.8 cm³/mol.